The molecule has 0 radical (unpaired) electrons. The fourth-order valence-electron chi connectivity index (χ4n) is 2.50. The zero-order chi connectivity index (χ0) is 16.1. The first kappa shape index (κ1) is 15.0. The molecule has 0 aliphatic heterocycles. The molecule has 3 nitrogen and oxygen atoms in total. The van der Waals surface area contributed by atoms with E-state index in [9.17, 15) is 4.79 Å². The van der Waals surface area contributed by atoms with Crippen molar-refractivity contribution in [3.63, 3.8) is 0 Å². The third kappa shape index (κ3) is 3.46. The molecular formula is C20H17NO2. The smallest absolute Gasteiger partial charge is 0.167 e. The zero-order valence-corrected chi connectivity index (χ0v) is 12.9. The molecule has 1 aromatic heterocycles. The number of benzene rings is 2. The molecule has 0 spiro atoms. The van der Waals surface area contributed by atoms with Gasteiger partial charge in [-0.05, 0) is 42.0 Å². The van der Waals surface area contributed by atoms with Gasteiger partial charge in [-0.15, -0.1) is 0 Å². The van der Waals surface area contributed by atoms with Crippen molar-refractivity contribution in [3.05, 3.63) is 84.1 Å². The number of hydrogen-bond donors (Lipinski definition) is 0. The second kappa shape index (κ2) is 6.88. The summed E-state index contributed by atoms with van der Waals surface area (Å²) in [5.74, 6) is 0.825. The number of aromatic nitrogens is 1. The largest absolute Gasteiger partial charge is 0.497 e. The number of ether oxygens (including phenoxy) is 1. The fraction of sp³-hybridized carbons (Fsp3) is 0.100. The predicted octanol–water partition coefficient (Wildman–Crippen LogP) is 4.18. The third-order valence-electron chi connectivity index (χ3n) is 3.72. The van der Waals surface area contributed by atoms with Crippen LogP contribution in [0.1, 0.15) is 15.9 Å². The van der Waals surface area contributed by atoms with Crippen molar-refractivity contribution in [1.82, 2.24) is 4.98 Å². The molecule has 0 saturated heterocycles. The van der Waals surface area contributed by atoms with E-state index >= 15 is 0 Å². The summed E-state index contributed by atoms with van der Waals surface area (Å²) in [6, 6.07) is 20.9. The quantitative estimate of drug-likeness (QED) is 0.664. The number of rotatable bonds is 5. The number of nitrogens with zero attached hydrogens (tertiary/aromatic N) is 1. The lowest BCUT2D eigenvalue weighted by Crippen LogP contribution is -2.05. The maximum atomic E-state index is 12.5. The Kier molecular flexibility index (Phi) is 4.48. The maximum Gasteiger partial charge on any atom is 0.167 e. The van der Waals surface area contributed by atoms with Gasteiger partial charge in [-0.3, -0.25) is 9.78 Å². The molecule has 3 aromatic rings. The topological polar surface area (TPSA) is 39.2 Å². The Morgan fingerprint density at radius 3 is 2.39 bits per heavy atom. The van der Waals surface area contributed by atoms with Crippen LogP contribution in [-0.4, -0.2) is 17.9 Å². The van der Waals surface area contributed by atoms with E-state index in [1.165, 1.54) is 0 Å². The molecule has 0 fully saturated rings. The van der Waals surface area contributed by atoms with E-state index in [0.29, 0.717) is 12.0 Å². The monoisotopic (exact) mass is 303 g/mol. The Bertz CT molecular complexity index is 795. The highest BCUT2D eigenvalue weighted by Crippen LogP contribution is 2.23. The second-order valence-electron chi connectivity index (χ2n) is 5.20. The van der Waals surface area contributed by atoms with Crippen LogP contribution in [0.5, 0.6) is 5.75 Å². The highest BCUT2D eigenvalue weighted by Gasteiger charge is 2.11. The highest BCUT2D eigenvalue weighted by atomic mass is 16.5. The van der Waals surface area contributed by atoms with Crippen LogP contribution in [-0.2, 0) is 6.42 Å². The minimum atomic E-state index is 0.0797. The van der Waals surface area contributed by atoms with E-state index in [0.717, 1.165) is 22.6 Å². The van der Waals surface area contributed by atoms with E-state index in [1.807, 2.05) is 42.5 Å². The van der Waals surface area contributed by atoms with Crippen LogP contribution >= 0.6 is 0 Å². The number of carbonyl (C=O) groups excluding carboxylic acids is 1. The van der Waals surface area contributed by atoms with Gasteiger partial charge < -0.3 is 4.74 Å². The van der Waals surface area contributed by atoms with Gasteiger partial charge in [0.15, 0.2) is 5.78 Å². The first-order chi connectivity index (χ1) is 11.3. The van der Waals surface area contributed by atoms with Crippen LogP contribution in [0.4, 0.5) is 0 Å². The SMILES string of the molecule is COc1ccc(C(=O)Cc2ccccc2-c2ccccn2)cc1. The summed E-state index contributed by atoms with van der Waals surface area (Å²) in [5, 5.41) is 0. The van der Waals surface area contributed by atoms with E-state index < -0.39 is 0 Å². The molecule has 0 aliphatic carbocycles. The number of Topliss-reactive ketones (excluding diaryl/α,β-unsaturated/α-hetero) is 1. The van der Waals surface area contributed by atoms with Gasteiger partial charge in [0.2, 0.25) is 0 Å². The van der Waals surface area contributed by atoms with Crippen molar-refractivity contribution in [1.29, 1.82) is 0 Å². The Morgan fingerprint density at radius 2 is 1.70 bits per heavy atom. The Balaban J connectivity index is 1.86. The number of pyridine rings is 1. The summed E-state index contributed by atoms with van der Waals surface area (Å²) >= 11 is 0. The van der Waals surface area contributed by atoms with Crippen LogP contribution < -0.4 is 4.74 Å². The van der Waals surface area contributed by atoms with Gasteiger partial charge in [0.05, 0.1) is 12.8 Å². The molecule has 0 N–H and O–H groups in total. The van der Waals surface area contributed by atoms with Crippen LogP contribution in [0.15, 0.2) is 72.9 Å². The maximum absolute atomic E-state index is 12.5. The van der Waals surface area contributed by atoms with Gasteiger partial charge in [-0.2, -0.15) is 0 Å². The molecule has 0 bridgehead atoms. The molecule has 0 aliphatic rings. The highest BCUT2D eigenvalue weighted by molar-refractivity contribution is 5.98. The van der Waals surface area contributed by atoms with E-state index in [1.54, 1.807) is 37.6 Å². The average molecular weight is 303 g/mol. The van der Waals surface area contributed by atoms with Crippen LogP contribution in [0, 0.1) is 0 Å². The van der Waals surface area contributed by atoms with Gasteiger partial charge >= 0.3 is 0 Å². The van der Waals surface area contributed by atoms with Gasteiger partial charge in [-0.1, -0.05) is 30.3 Å². The summed E-state index contributed by atoms with van der Waals surface area (Å²) in [7, 11) is 1.61. The summed E-state index contributed by atoms with van der Waals surface area (Å²) in [4.78, 5) is 16.9. The first-order valence-electron chi connectivity index (χ1n) is 7.44. The van der Waals surface area contributed by atoms with E-state index in [4.69, 9.17) is 4.74 Å². The van der Waals surface area contributed by atoms with Crippen molar-refractivity contribution in [2.45, 2.75) is 6.42 Å². The lowest BCUT2D eigenvalue weighted by Gasteiger charge is -2.09. The normalized spacial score (nSPS) is 10.3. The second-order valence-corrected chi connectivity index (χ2v) is 5.20. The van der Waals surface area contributed by atoms with Gasteiger partial charge in [0.1, 0.15) is 5.75 Å². The standard InChI is InChI=1S/C20H17NO2/c1-23-17-11-9-15(10-12-17)20(22)14-16-6-2-3-7-18(16)19-8-4-5-13-21-19/h2-13H,14H2,1H3. The summed E-state index contributed by atoms with van der Waals surface area (Å²) in [6.07, 6.45) is 2.11. The van der Waals surface area contributed by atoms with Crippen LogP contribution in [0.25, 0.3) is 11.3 Å². The predicted molar refractivity (Wildman–Crippen MR) is 90.7 cm³/mol. The number of methoxy groups -OCH3 is 1. The van der Waals surface area contributed by atoms with E-state index in [-0.39, 0.29) is 5.78 Å². The van der Waals surface area contributed by atoms with E-state index in [2.05, 4.69) is 4.98 Å². The molecule has 1 heterocycles. The first-order valence-corrected chi connectivity index (χ1v) is 7.44. The fourth-order valence-corrected chi connectivity index (χ4v) is 2.50. The Hall–Kier alpha value is -2.94. The minimum Gasteiger partial charge on any atom is -0.497 e. The zero-order valence-electron chi connectivity index (χ0n) is 12.9. The van der Waals surface area contributed by atoms with Gasteiger partial charge in [0.25, 0.3) is 0 Å². The molecule has 3 rings (SSSR count). The van der Waals surface area contributed by atoms with Crippen molar-refractivity contribution in [2.75, 3.05) is 7.11 Å². The average Bonchev–Trinajstić information content (AvgIpc) is 2.63. The van der Waals surface area contributed by atoms with Crippen molar-refractivity contribution < 1.29 is 9.53 Å². The van der Waals surface area contributed by atoms with Gasteiger partial charge in [-0.25, -0.2) is 0 Å². The molecule has 0 saturated carbocycles. The number of hydrogen-bond acceptors (Lipinski definition) is 3. The summed E-state index contributed by atoms with van der Waals surface area (Å²) in [5.41, 5.74) is 3.54. The number of ketones is 1. The lowest BCUT2D eigenvalue weighted by molar-refractivity contribution is 0.0993. The van der Waals surface area contributed by atoms with Crippen molar-refractivity contribution >= 4 is 5.78 Å². The summed E-state index contributed by atoms with van der Waals surface area (Å²) in [6.45, 7) is 0. The molecule has 0 unspecified atom stereocenters. The minimum absolute atomic E-state index is 0.0797. The molecule has 114 valence electrons. The lowest BCUT2D eigenvalue weighted by atomic mass is 9.97. The Labute approximate surface area is 135 Å². The van der Waals surface area contributed by atoms with Crippen LogP contribution in [0.2, 0.25) is 0 Å². The van der Waals surface area contributed by atoms with Gasteiger partial charge in [0, 0.05) is 23.7 Å². The van der Waals surface area contributed by atoms with Crippen LogP contribution in [0.3, 0.4) is 0 Å². The molecule has 23 heavy (non-hydrogen) atoms. The molecular weight excluding hydrogens is 286 g/mol. The molecule has 2 aromatic carbocycles. The Morgan fingerprint density at radius 1 is 0.957 bits per heavy atom. The third-order valence-corrected chi connectivity index (χ3v) is 3.72. The van der Waals surface area contributed by atoms with Crippen molar-refractivity contribution in [3.8, 4) is 17.0 Å². The summed E-state index contributed by atoms with van der Waals surface area (Å²) < 4.78 is 5.12. The molecule has 0 amide bonds. The molecule has 0 atom stereocenters. The number of carbonyl (C=O) groups is 1. The molecule has 3 heteroatoms. The van der Waals surface area contributed by atoms with Crippen molar-refractivity contribution in [2.24, 2.45) is 0 Å².